The first kappa shape index (κ1) is 13.4. The Morgan fingerprint density at radius 1 is 1.42 bits per heavy atom. The zero-order chi connectivity index (χ0) is 14.0. The van der Waals surface area contributed by atoms with Crippen molar-refractivity contribution in [2.24, 2.45) is 0 Å². The summed E-state index contributed by atoms with van der Waals surface area (Å²) in [7, 11) is 0. The molecule has 1 heterocycles. The van der Waals surface area contributed by atoms with Crippen molar-refractivity contribution in [3.63, 3.8) is 0 Å². The number of H-pyrrole nitrogens is 2. The summed E-state index contributed by atoms with van der Waals surface area (Å²) >= 11 is 3.34. The molecule has 1 amide bonds. The number of amides is 1. The van der Waals surface area contributed by atoms with E-state index in [1.54, 1.807) is 12.1 Å². The van der Waals surface area contributed by atoms with Gasteiger partial charge in [-0.15, -0.1) is 0 Å². The highest BCUT2D eigenvalue weighted by Gasteiger charge is 2.11. The van der Waals surface area contributed by atoms with E-state index in [0.717, 1.165) is 10.0 Å². The van der Waals surface area contributed by atoms with Crippen LogP contribution < -0.4 is 11.0 Å². The second-order valence-corrected chi connectivity index (χ2v) is 4.98. The summed E-state index contributed by atoms with van der Waals surface area (Å²) in [6.45, 7) is 1.42. The Bertz CT molecular complexity index is 675. The number of imidazole rings is 1. The first-order valence-corrected chi connectivity index (χ1v) is 6.31. The largest absolute Gasteiger partial charge is 0.493 e. The van der Waals surface area contributed by atoms with Gasteiger partial charge in [0.1, 0.15) is 0 Å². The first-order valence-electron chi connectivity index (χ1n) is 5.52. The highest BCUT2D eigenvalue weighted by atomic mass is 79.9. The number of rotatable bonds is 3. The second-order valence-electron chi connectivity index (χ2n) is 4.07. The predicted molar refractivity (Wildman–Crippen MR) is 74.3 cm³/mol. The van der Waals surface area contributed by atoms with E-state index >= 15 is 0 Å². The van der Waals surface area contributed by atoms with Gasteiger partial charge in [0.05, 0.1) is 5.69 Å². The topological polar surface area (TPSA) is 98.0 Å². The van der Waals surface area contributed by atoms with E-state index in [1.807, 2.05) is 6.07 Å². The van der Waals surface area contributed by atoms with Crippen LogP contribution in [0.1, 0.15) is 18.2 Å². The third-order valence-corrected chi connectivity index (χ3v) is 3.02. The van der Waals surface area contributed by atoms with Crippen LogP contribution in [0.3, 0.4) is 0 Å². The molecule has 0 aliphatic heterocycles. The highest BCUT2D eigenvalue weighted by molar-refractivity contribution is 9.10. The quantitative estimate of drug-likeness (QED) is 0.691. The zero-order valence-electron chi connectivity index (χ0n) is 10.1. The Morgan fingerprint density at radius 2 is 2.16 bits per heavy atom. The Morgan fingerprint density at radius 3 is 2.74 bits per heavy atom. The fraction of sp³-hybridized carbons (Fsp3) is 0.167. The average molecular weight is 326 g/mol. The zero-order valence-corrected chi connectivity index (χ0v) is 11.7. The molecule has 2 aromatic rings. The summed E-state index contributed by atoms with van der Waals surface area (Å²) in [6, 6.07) is 5.37. The molecule has 19 heavy (non-hydrogen) atoms. The molecule has 4 N–H and O–H groups in total. The highest BCUT2D eigenvalue weighted by Crippen LogP contribution is 2.25. The van der Waals surface area contributed by atoms with Gasteiger partial charge in [0.15, 0.2) is 0 Å². The molecule has 1 aromatic carbocycles. The molecule has 100 valence electrons. The molecule has 7 heteroatoms. The van der Waals surface area contributed by atoms with E-state index in [9.17, 15) is 14.7 Å². The number of aromatic nitrogens is 2. The van der Waals surface area contributed by atoms with Crippen molar-refractivity contribution in [2.45, 2.75) is 13.3 Å². The third kappa shape index (κ3) is 3.25. The minimum absolute atomic E-state index is 0.185. The number of nitrogens with one attached hydrogen (secondary N) is 3. The predicted octanol–water partition coefficient (Wildman–Crippen LogP) is 1.72. The van der Waals surface area contributed by atoms with Crippen LogP contribution >= 0.6 is 15.9 Å². The lowest BCUT2D eigenvalue weighted by molar-refractivity contribution is -0.114. The minimum Gasteiger partial charge on any atom is -0.493 e. The summed E-state index contributed by atoms with van der Waals surface area (Å²) in [4.78, 5) is 27.0. The Labute approximate surface area is 117 Å². The lowest BCUT2D eigenvalue weighted by atomic mass is 10.1. The molecule has 2 rings (SSSR count). The third-order valence-electron chi connectivity index (χ3n) is 2.53. The van der Waals surface area contributed by atoms with Crippen LogP contribution in [0.5, 0.6) is 5.88 Å². The normalized spacial score (nSPS) is 10.4. The van der Waals surface area contributed by atoms with E-state index in [0.29, 0.717) is 17.8 Å². The van der Waals surface area contributed by atoms with Crippen molar-refractivity contribution >= 4 is 27.5 Å². The van der Waals surface area contributed by atoms with Crippen molar-refractivity contribution in [2.75, 3.05) is 5.32 Å². The summed E-state index contributed by atoms with van der Waals surface area (Å²) < 4.78 is 0.842. The molecule has 0 unspecified atom stereocenters. The standard InChI is InChI=1S/C12H12BrN3O3/c1-6(17)14-9-3-2-8(13)4-7(9)5-10-11(18)16-12(19)15-10/h2-4,18H,5H2,1H3,(H,14,17)(H2,15,16,19). The van der Waals surface area contributed by atoms with Crippen molar-refractivity contribution in [1.29, 1.82) is 0 Å². The van der Waals surface area contributed by atoms with Gasteiger partial charge < -0.3 is 15.4 Å². The Hall–Kier alpha value is -2.02. The second kappa shape index (κ2) is 5.31. The van der Waals surface area contributed by atoms with E-state index in [2.05, 4.69) is 31.2 Å². The number of halogens is 1. The molecule has 0 fully saturated rings. The molecular weight excluding hydrogens is 314 g/mol. The average Bonchev–Trinajstić information content (AvgIpc) is 2.61. The summed E-state index contributed by atoms with van der Waals surface area (Å²) in [5, 5.41) is 12.3. The van der Waals surface area contributed by atoms with Crippen LogP contribution in [0, 0.1) is 0 Å². The van der Waals surface area contributed by atoms with Crippen LogP contribution in [0.25, 0.3) is 0 Å². The van der Waals surface area contributed by atoms with E-state index in [1.165, 1.54) is 6.92 Å². The van der Waals surface area contributed by atoms with E-state index < -0.39 is 5.69 Å². The molecule has 0 saturated carbocycles. The fourth-order valence-electron chi connectivity index (χ4n) is 1.75. The van der Waals surface area contributed by atoms with Crippen LogP contribution in [-0.4, -0.2) is 21.0 Å². The van der Waals surface area contributed by atoms with Gasteiger partial charge in [-0.3, -0.25) is 9.78 Å². The number of anilines is 1. The van der Waals surface area contributed by atoms with Gasteiger partial charge in [0.25, 0.3) is 0 Å². The number of aromatic amines is 2. The summed E-state index contributed by atoms with van der Waals surface area (Å²) in [5.74, 6) is -0.380. The molecule has 0 spiro atoms. The van der Waals surface area contributed by atoms with E-state index in [4.69, 9.17) is 0 Å². The molecule has 0 atom stereocenters. The van der Waals surface area contributed by atoms with Gasteiger partial charge >= 0.3 is 5.69 Å². The smallest absolute Gasteiger partial charge is 0.325 e. The van der Waals surface area contributed by atoms with Crippen molar-refractivity contribution in [3.8, 4) is 5.88 Å². The van der Waals surface area contributed by atoms with Crippen LogP contribution in [0.15, 0.2) is 27.5 Å². The molecular formula is C12H12BrN3O3. The van der Waals surface area contributed by atoms with Crippen LogP contribution in [0.2, 0.25) is 0 Å². The Kier molecular flexibility index (Phi) is 3.75. The van der Waals surface area contributed by atoms with Crippen LogP contribution in [-0.2, 0) is 11.2 Å². The molecule has 0 saturated heterocycles. The number of benzene rings is 1. The molecule has 0 aliphatic carbocycles. The van der Waals surface area contributed by atoms with Gasteiger partial charge in [0, 0.05) is 23.5 Å². The number of carbonyl (C=O) groups is 1. The van der Waals surface area contributed by atoms with Crippen molar-refractivity contribution in [3.05, 3.63) is 44.4 Å². The molecule has 0 aliphatic rings. The number of aromatic hydroxyl groups is 1. The summed E-state index contributed by atoms with van der Waals surface area (Å²) in [6.07, 6.45) is 0.291. The summed E-state index contributed by atoms with van der Waals surface area (Å²) in [5.41, 5.74) is 1.31. The number of hydrogen-bond acceptors (Lipinski definition) is 3. The monoisotopic (exact) mass is 325 g/mol. The number of hydrogen-bond donors (Lipinski definition) is 4. The molecule has 0 radical (unpaired) electrons. The minimum atomic E-state index is -0.469. The molecule has 1 aromatic heterocycles. The van der Waals surface area contributed by atoms with Gasteiger partial charge in [-0.1, -0.05) is 15.9 Å². The van der Waals surface area contributed by atoms with Crippen LogP contribution in [0.4, 0.5) is 5.69 Å². The maximum Gasteiger partial charge on any atom is 0.325 e. The number of carbonyl (C=O) groups excluding carboxylic acids is 1. The Balaban J connectivity index is 2.37. The van der Waals surface area contributed by atoms with Gasteiger partial charge in [0.2, 0.25) is 11.8 Å². The van der Waals surface area contributed by atoms with E-state index in [-0.39, 0.29) is 11.8 Å². The maximum atomic E-state index is 11.1. The molecule has 0 bridgehead atoms. The fourth-order valence-corrected chi connectivity index (χ4v) is 2.16. The lowest BCUT2D eigenvalue weighted by Crippen LogP contribution is -2.09. The van der Waals surface area contributed by atoms with Gasteiger partial charge in [-0.05, 0) is 23.8 Å². The first-order chi connectivity index (χ1) is 8.95. The van der Waals surface area contributed by atoms with Crippen molar-refractivity contribution in [1.82, 2.24) is 9.97 Å². The van der Waals surface area contributed by atoms with Gasteiger partial charge in [-0.25, -0.2) is 4.79 Å². The molecule has 6 nitrogen and oxygen atoms in total. The van der Waals surface area contributed by atoms with Crippen molar-refractivity contribution < 1.29 is 9.90 Å². The lowest BCUT2D eigenvalue weighted by Gasteiger charge is -2.10. The SMILES string of the molecule is CC(=O)Nc1ccc(Br)cc1Cc1[nH]c(=O)[nH]c1O. The van der Waals surface area contributed by atoms with Gasteiger partial charge in [-0.2, -0.15) is 0 Å². The maximum absolute atomic E-state index is 11.1.